The summed E-state index contributed by atoms with van der Waals surface area (Å²) in [5.41, 5.74) is 2.05. The van der Waals surface area contributed by atoms with Crippen molar-refractivity contribution in [2.45, 2.75) is 71.8 Å². The van der Waals surface area contributed by atoms with E-state index >= 15 is 0 Å². The number of phenols is 1. The third kappa shape index (κ3) is 2.41. The minimum Gasteiger partial charge on any atom is -0.508 e. The number of phenolic OH excluding ortho intramolecular Hbond substituents is 1. The van der Waals surface area contributed by atoms with Crippen LogP contribution in [-0.4, -0.2) is 10.7 Å². The number of hydrogen-bond donors (Lipinski definition) is 1. The van der Waals surface area contributed by atoms with E-state index in [2.05, 4.69) is 47.6 Å². The van der Waals surface area contributed by atoms with Crippen LogP contribution in [0.25, 0.3) is 0 Å². The monoisotopic (exact) mass is 302 g/mol. The highest BCUT2D eigenvalue weighted by Gasteiger charge is 2.50. The molecule has 0 spiro atoms. The maximum Gasteiger partial charge on any atom is 0.123 e. The van der Waals surface area contributed by atoms with Gasteiger partial charge in [-0.3, -0.25) is 0 Å². The van der Waals surface area contributed by atoms with E-state index in [0.29, 0.717) is 17.6 Å². The van der Waals surface area contributed by atoms with Crippen molar-refractivity contribution in [3.05, 3.63) is 23.3 Å². The Kier molecular flexibility index (Phi) is 3.50. The summed E-state index contributed by atoms with van der Waals surface area (Å²) in [7, 11) is 0. The molecule has 3 atom stereocenters. The first-order chi connectivity index (χ1) is 10.1. The van der Waals surface area contributed by atoms with Crippen LogP contribution >= 0.6 is 0 Å². The van der Waals surface area contributed by atoms with Crippen LogP contribution in [-0.2, 0) is 11.8 Å². The van der Waals surface area contributed by atoms with Gasteiger partial charge >= 0.3 is 0 Å². The van der Waals surface area contributed by atoms with Crippen LogP contribution in [0.1, 0.15) is 65.5 Å². The molecule has 1 fully saturated rings. The van der Waals surface area contributed by atoms with E-state index in [4.69, 9.17) is 4.74 Å². The third-order valence-corrected chi connectivity index (χ3v) is 5.90. The van der Waals surface area contributed by atoms with E-state index in [9.17, 15) is 5.11 Å². The van der Waals surface area contributed by atoms with Crippen molar-refractivity contribution in [3.8, 4) is 11.5 Å². The molecule has 1 aliphatic carbocycles. The third-order valence-electron chi connectivity index (χ3n) is 5.90. The Morgan fingerprint density at radius 1 is 1.27 bits per heavy atom. The van der Waals surface area contributed by atoms with Gasteiger partial charge in [-0.1, -0.05) is 34.6 Å². The normalized spacial score (nSPS) is 30.9. The van der Waals surface area contributed by atoms with Gasteiger partial charge < -0.3 is 9.84 Å². The Morgan fingerprint density at radius 2 is 1.95 bits per heavy atom. The van der Waals surface area contributed by atoms with Gasteiger partial charge in [0.15, 0.2) is 0 Å². The number of benzene rings is 1. The fourth-order valence-electron chi connectivity index (χ4n) is 4.54. The zero-order valence-electron chi connectivity index (χ0n) is 14.9. The van der Waals surface area contributed by atoms with Crippen molar-refractivity contribution in [3.63, 3.8) is 0 Å². The standard InChI is InChI=1S/C20H30O2/c1-12(2)14-7-8-20(6)15(14)9-13-10-17(21)16(19(3,4)5)11-18(13)22-20/h10-12,14-15,21H,7-9H2,1-6H3. The van der Waals surface area contributed by atoms with Gasteiger partial charge in [-0.05, 0) is 61.1 Å². The molecule has 0 saturated heterocycles. The minimum atomic E-state index is -0.0730. The van der Waals surface area contributed by atoms with Crippen LogP contribution < -0.4 is 4.74 Å². The molecule has 1 aromatic carbocycles. The summed E-state index contributed by atoms with van der Waals surface area (Å²) in [6.07, 6.45) is 3.43. The van der Waals surface area contributed by atoms with Crippen molar-refractivity contribution in [2.24, 2.45) is 17.8 Å². The van der Waals surface area contributed by atoms with E-state index in [1.165, 1.54) is 12.0 Å². The number of aromatic hydroxyl groups is 1. The molecule has 1 aliphatic heterocycles. The average molecular weight is 302 g/mol. The summed E-state index contributed by atoms with van der Waals surface area (Å²) in [5.74, 6) is 3.39. The van der Waals surface area contributed by atoms with Crippen LogP contribution in [0.15, 0.2) is 12.1 Å². The molecule has 1 aromatic rings. The predicted molar refractivity (Wildman–Crippen MR) is 90.6 cm³/mol. The van der Waals surface area contributed by atoms with Gasteiger partial charge in [-0.25, -0.2) is 0 Å². The van der Waals surface area contributed by atoms with E-state index in [0.717, 1.165) is 30.1 Å². The molecule has 1 N–H and O–H groups in total. The van der Waals surface area contributed by atoms with Gasteiger partial charge in [-0.2, -0.15) is 0 Å². The number of ether oxygens (including phenoxy) is 1. The van der Waals surface area contributed by atoms with Crippen LogP contribution in [0.3, 0.4) is 0 Å². The van der Waals surface area contributed by atoms with Crippen LogP contribution in [0.4, 0.5) is 0 Å². The van der Waals surface area contributed by atoms with E-state index in [1.54, 1.807) is 0 Å². The Balaban J connectivity index is 2.01. The second-order valence-corrected chi connectivity index (χ2v) is 8.90. The maximum atomic E-state index is 10.4. The lowest BCUT2D eigenvalue weighted by atomic mass is 9.75. The lowest BCUT2D eigenvalue weighted by Gasteiger charge is -2.41. The second kappa shape index (κ2) is 4.91. The molecule has 0 amide bonds. The molecule has 2 heteroatoms. The first kappa shape index (κ1) is 15.7. The van der Waals surface area contributed by atoms with E-state index < -0.39 is 0 Å². The van der Waals surface area contributed by atoms with Gasteiger partial charge in [0.25, 0.3) is 0 Å². The number of rotatable bonds is 1. The summed E-state index contributed by atoms with van der Waals surface area (Å²) in [6, 6.07) is 4.03. The topological polar surface area (TPSA) is 29.5 Å². The average Bonchev–Trinajstić information content (AvgIpc) is 2.71. The smallest absolute Gasteiger partial charge is 0.123 e. The highest BCUT2D eigenvalue weighted by molar-refractivity contribution is 5.50. The zero-order valence-corrected chi connectivity index (χ0v) is 14.9. The molecular formula is C20H30O2. The Bertz CT molecular complexity index is 582. The lowest BCUT2D eigenvalue weighted by Crippen LogP contribution is -2.43. The summed E-state index contributed by atoms with van der Waals surface area (Å²) < 4.78 is 6.50. The van der Waals surface area contributed by atoms with Gasteiger partial charge in [0, 0.05) is 11.5 Å². The summed E-state index contributed by atoms with van der Waals surface area (Å²) in [4.78, 5) is 0. The van der Waals surface area contributed by atoms with Crippen LogP contribution in [0.5, 0.6) is 11.5 Å². The number of hydrogen-bond acceptors (Lipinski definition) is 2. The first-order valence-electron chi connectivity index (χ1n) is 8.67. The minimum absolute atomic E-state index is 0.0337. The largest absolute Gasteiger partial charge is 0.508 e. The predicted octanol–water partition coefficient (Wildman–Crippen LogP) is 5.07. The van der Waals surface area contributed by atoms with Gasteiger partial charge in [0.1, 0.15) is 17.1 Å². The van der Waals surface area contributed by atoms with Gasteiger partial charge in [0.2, 0.25) is 0 Å². The molecule has 0 radical (unpaired) electrons. The molecule has 1 heterocycles. The van der Waals surface area contributed by atoms with Crippen LogP contribution in [0, 0.1) is 17.8 Å². The highest BCUT2D eigenvalue weighted by Crippen LogP contribution is 2.52. The van der Waals surface area contributed by atoms with Crippen molar-refractivity contribution >= 4 is 0 Å². The van der Waals surface area contributed by atoms with Crippen molar-refractivity contribution in [1.29, 1.82) is 0 Å². The molecule has 3 unspecified atom stereocenters. The molecule has 0 aromatic heterocycles. The molecule has 0 bridgehead atoms. The van der Waals surface area contributed by atoms with Crippen molar-refractivity contribution in [2.75, 3.05) is 0 Å². The lowest BCUT2D eigenvalue weighted by molar-refractivity contribution is 0.0139. The quantitative estimate of drug-likeness (QED) is 0.785. The molecule has 3 rings (SSSR count). The fraction of sp³-hybridized carbons (Fsp3) is 0.700. The Morgan fingerprint density at radius 3 is 2.55 bits per heavy atom. The second-order valence-electron chi connectivity index (χ2n) is 8.90. The SMILES string of the molecule is CC(C)C1CCC2(C)Oc3cc(C(C)(C)C)c(O)cc3CC12. The molecule has 1 saturated carbocycles. The Labute approximate surface area is 134 Å². The number of fused-ring (bicyclic) bond motifs is 2. The molecule has 122 valence electrons. The van der Waals surface area contributed by atoms with Crippen molar-refractivity contribution < 1.29 is 9.84 Å². The van der Waals surface area contributed by atoms with Crippen molar-refractivity contribution in [1.82, 2.24) is 0 Å². The van der Waals surface area contributed by atoms with E-state index in [1.807, 2.05) is 6.07 Å². The maximum absolute atomic E-state index is 10.4. The fourth-order valence-corrected chi connectivity index (χ4v) is 4.54. The molecular weight excluding hydrogens is 272 g/mol. The van der Waals surface area contributed by atoms with E-state index in [-0.39, 0.29) is 11.0 Å². The van der Waals surface area contributed by atoms with Gasteiger partial charge in [0.05, 0.1) is 0 Å². The summed E-state index contributed by atoms with van der Waals surface area (Å²) in [5, 5.41) is 10.4. The zero-order chi connectivity index (χ0) is 16.3. The summed E-state index contributed by atoms with van der Waals surface area (Å²) in [6.45, 7) is 13.3. The Hall–Kier alpha value is -1.18. The van der Waals surface area contributed by atoms with Crippen LogP contribution in [0.2, 0.25) is 0 Å². The highest BCUT2D eigenvalue weighted by atomic mass is 16.5. The molecule has 2 aliphatic rings. The first-order valence-corrected chi connectivity index (χ1v) is 8.67. The molecule has 2 nitrogen and oxygen atoms in total. The molecule has 22 heavy (non-hydrogen) atoms. The van der Waals surface area contributed by atoms with Gasteiger partial charge in [-0.15, -0.1) is 0 Å². The summed E-state index contributed by atoms with van der Waals surface area (Å²) >= 11 is 0.